The molecule has 0 atom stereocenters. The zero-order valence-electron chi connectivity index (χ0n) is 13.9. The Hall–Kier alpha value is -1.64. The number of amides is 1. The highest BCUT2D eigenvalue weighted by atomic mass is 35.5. The van der Waals surface area contributed by atoms with Gasteiger partial charge in [-0.25, -0.2) is 0 Å². The van der Waals surface area contributed by atoms with Gasteiger partial charge in [0, 0.05) is 26.2 Å². The lowest BCUT2D eigenvalue weighted by Crippen LogP contribution is -2.58. The molecule has 0 bridgehead atoms. The van der Waals surface area contributed by atoms with E-state index in [1.807, 2.05) is 17.0 Å². The first-order valence-corrected chi connectivity index (χ1v) is 8.16. The van der Waals surface area contributed by atoms with E-state index < -0.39 is 5.54 Å². The largest absolute Gasteiger partial charge is 0.352 e. The molecule has 1 amide bonds. The number of aromatic nitrogens is 4. The second-order valence-corrected chi connectivity index (χ2v) is 6.47. The molecule has 1 aliphatic heterocycles. The monoisotopic (exact) mass is 387 g/mol. The minimum Gasteiger partial charge on any atom is -0.352 e. The molecule has 1 saturated carbocycles. The fourth-order valence-corrected chi connectivity index (χ4v) is 3.56. The van der Waals surface area contributed by atoms with Crippen molar-refractivity contribution < 1.29 is 4.79 Å². The van der Waals surface area contributed by atoms with Gasteiger partial charge in [0.15, 0.2) is 5.65 Å². The Kier molecular flexibility index (Phi) is 6.08. The molecule has 2 aliphatic rings. The van der Waals surface area contributed by atoms with Gasteiger partial charge in [-0.3, -0.25) is 4.79 Å². The highest BCUT2D eigenvalue weighted by molar-refractivity contribution is 5.86. The number of hydrogen-bond acceptors (Lipinski definition) is 6. The summed E-state index contributed by atoms with van der Waals surface area (Å²) in [7, 11) is 0. The smallest absolute Gasteiger partial charge is 0.242 e. The number of nitrogens with two attached hydrogens (primary N) is 1. The van der Waals surface area contributed by atoms with E-state index in [9.17, 15) is 4.79 Å². The maximum absolute atomic E-state index is 12.7. The molecule has 4 rings (SSSR count). The Bertz CT molecular complexity index is 723. The van der Waals surface area contributed by atoms with Gasteiger partial charge in [0.1, 0.15) is 12.1 Å². The van der Waals surface area contributed by atoms with Crippen molar-refractivity contribution >= 4 is 42.2 Å². The standard InChI is InChI=1S/C15H21N7O.2ClH/c16-15(5-1-2-6-15)14(23)21-9-7-20(8-10-21)13-4-3-12-18-17-11-22(12)19-13;;/h3-4,11H,1-2,5-10,16H2;2*1H. The molecule has 2 aromatic rings. The van der Waals surface area contributed by atoms with Crippen molar-refractivity contribution in [2.45, 2.75) is 31.2 Å². The zero-order chi connectivity index (χ0) is 15.9. The van der Waals surface area contributed by atoms with Crippen molar-refractivity contribution in [1.29, 1.82) is 0 Å². The molecule has 0 spiro atoms. The van der Waals surface area contributed by atoms with E-state index in [0.717, 1.165) is 50.2 Å². The van der Waals surface area contributed by atoms with Crippen LogP contribution in [0.3, 0.4) is 0 Å². The summed E-state index contributed by atoms with van der Waals surface area (Å²) in [6.45, 7) is 2.92. The van der Waals surface area contributed by atoms with Gasteiger partial charge in [-0.05, 0) is 25.0 Å². The molecule has 2 fully saturated rings. The Morgan fingerprint density at radius 3 is 2.44 bits per heavy atom. The Labute approximate surface area is 158 Å². The number of fused-ring (bicyclic) bond motifs is 1. The van der Waals surface area contributed by atoms with Crippen molar-refractivity contribution in [3.8, 4) is 0 Å². The van der Waals surface area contributed by atoms with E-state index in [0.29, 0.717) is 13.1 Å². The van der Waals surface area contributed by atoms with Gasteiger partial charge in [-0.2, -0.15) is 4.52 Å². The number of rotatable bonds is 2. The molecule has 0 radical (unpaired) electrons. The number of hydrogen-bond donors (Lipinski definition) is 1. The molecule has 0 unspecified atom stereocenters. The summed E-state index contributed by atoms with van der Waals surface area (Å²) in [5, 5.41) is 12.3. The highest BCUT2D eigenvalue weighted by Crippen LogP contribution is 2.29. The van der Waals surface area contributed by atoms with Gasteiger partial charge >= 0.3 is 0 Å². The lowest BCUT2D eigenvalue weighted by Gasteiger charge is -2.38. The van der Waals surface area contributed by atoms with E-state index in [1.54, 1.807) is 10.8 Å². The van der Waals surface area contributed by atoms with Crippen LogP contribution in [0.1, 0.15) is 25.7 Å². The normalized spacial score (nSPS) is 19.4. The predicted molar refractivity (Wildman–Crippen MR) is 99.5 cm³/mol. The molecule has 2 aromatic heterocycles. The van der Waals surface area contributed by atoms with E-state index in [-0.39, 0.29) is 30.7 Å². The molecule has 1 saturated heterocycles. The van der Waals surface area contributed by atoms with E-state index >= 15 is 0 Å². The first-order valence-electron chi connectivity index (χ1n) is 8.16. The third-order valence-electron chi connectivity index (χ3n) is 4.96. The minimum absolute atomic E-state index is 0. The molecule has 3 heterocycles. The predicted octanol–water partition coefficient (Wildman–Crippen LogP) is 0.888. The van der Waals surface area contributed by atoms with Crippen LogP contribution in [-0.2, 0) is 4.79 Å². The molecular weight excluding hydrogens is 365 g/mol. The van der Waals surface area contributed by atoms with Crippen LogP contribution >= 0.6 is 24.8 Å². The molecule has 138 valence electrons. The molecule has 2 N–H and O–H groups in total. The van der Waals surface area contributed by atoms with Crippen molar-refractivity contribution in [1.82, 2.24) is 24.7 Å². The minimum atomic E-state index is -0.623. The summed E-state index contributed by atoms with van der Waals surface area (Å²) in [5.41, 5.74) is 6.40. The number of anilines is 1. The van der Waals surface area contributed by atoms with Gasteiger partial charge in [-0.1, -0.05) is 12.8 Å². The van der Waals surface area contributed by atoms with Crippen LogP contribution < -0.4 is 10.6 Å². The van der Waals surface area contributed by atoms with E-state index in [2.05, 4.69) is 20.2 Å². The summed E-state index contributed by atoms with van der Waals surface area (Å²) in [5.74, 6) is 1.00. The summed E-state index contributed by atoms with van der Waals surface area (Å²) in [6.07, 6.45) is 5.35. The molecule has 1 aliphatic carbocycles. The van der Waals surface area contributed by atoms with Crippen molar-refractivity contribution in [3.05, 3.63) is 18.5 Å². The van der Waals surface area contributed by atoms with Crippen LogP contribution in [0.2, 0.25) is 0 Å². The number of piperazine rings is 1. The Morgan fingerprint density at radius 1 is 1.08 bits per heavy atom. The molecule has 10 heteroatoms. The Balaban J connectivity index is 0.00000113. The van der Waals surface area contributed by atoms with Crippen LogP contribution in [-0.4, -0.2) is 62.3 Å². The number of carbonyl (C=O) groups is 1. The van der Waals surface area contributed by atoms with Crippen LogP contribution in [0.25, 0.3) is 5.65 Å². The molecule has 8 nitrogen and oxygen atoms in total. The van der Waals surface area contributed by atoms with Gasteiger partial charge in [0.2, 0.25) is 5.91 Å². The van der Waals surface area contributed by atoms with Crippen LogP contribution in [0.5, 0.6) is 0 Å². The van der Waals surface area contributed by atoms with Gasteiger partial charge in [-0.15, -0.1) is 40.1 Å². The van der Waals surface area contributed by atoms with Crippen LogP contribution in [0.4, 0.5) is 5.82 Å². The quantitative estimate of drug-likeness (QED) is 0.822. The molecule has 0 aromatic carbocycles. The topological polar surface area (TPSA) is 92.7 Å². The third-order valence-corrected chi connectivity index (χ3v) is 4.96. The van der Waals surface area contributed by atoms with E-state index in [4.69, 9.17) is 5.73 Å². The first kappa shape index (κ1) is 19.7. The second-order valence-electron chi connectivity index (χ2n) is 6.47. The molecular formula is C15H23Cl2N7O. The van der Waals surface area contributed by atoms with E-state index in [1.165, 1.54) is 0 Å². The average molecular weight is 388 g/mol. The van der Waals surface area contributed by atoms with Gasteiger partial charge in [0.05, 0.1) is 5.54 Å². The molecule has 25 heavy (non-hydrogen) atoms. The van der Waals surface area contributed by atoms with Crippen molar-refractivity contribution in [2.24, 2.45) is 5.73 Å². The number of nitrogens with zero attached hydrogens (tertiary/aromatic N) is 6. The first-order chi connectivity index (χ1) is 11.2. The highest BCUT2D eigenvalue weighted by Gasteiger charge is 2.40. The summed E-state index contributed by atoms with van der Waals surface area (Å²) in [4.78, 5) is 16.7. The van der Waals surface area contributed by atoms with Crippen molar-refractivity contribution in [3.63, 3.8) is 0 Å². The average Bonchev–Trinajstić information content (AvgIpc) is 3.23. The van der Waals surface area contributed by atoms with Gasteiger partial charge < -0.3 is 15.5 Å². The lowest BCUT2D eigenvalue weighted by molar-refractivity contribution is -0.137. The van der Waals surface area contributed by atoms with Crippen molar-refractivity contribution in [2.75, 3.05) is 31.1 Å². The maximum atomic E-state index is 12.7. The summed E-state index contributed by atoms with van der Waals surface area (Å²) < 4.78 is 1.67. The van der Waals surface area contributed by atoms with Crippen LogP contribution in [0.15, 0.2) is 18.5 Å². The lowest BCUT2D eigenvalue weighted by atomic mass is 9.97. The number of halogens is 2. The fourth-order valence-electron chi connectivity index (χ4n) is 3.56. The maximum Gasteiger partial charge on any atom is 0.242 e. The SMILES string of the molecule is Cl.Cl.NC1(C(=O)N2CCN(c3ccc4nncn4n3)CC2)CCCC1. The number of carbonyl (C=O) groups excluding carboxylic acids is 1. The summed E-state index contributed by atoms with van der Waals surface area (Å²) >= 11 is 0. The fraction of sp³-hybridized carbons (Fsp3) is 0.600. The Morgan fingerprint density at radius 2 is 1.76 bits per heavy atom. The van der Waals surface area contributed by atoms with Gasteiger partial charge in [0.25, 0.3) is 0 Å². The summed E-state index contributed by atoms with van der Waals surface area (Å²) in [6, 6.07) is 3.85. The third kappa shape index (κ3) is 3.65. The zero-order valence-corrected chi connectivity index (χ0v) is 15.5. The van der Waals surface area contributed by atoms with Crippen LogP contribution in [0, 0.1) is 0 Å². The second kappa shape index (κ2) is 7.72.